The Morgan fingerprint density at radius 3 is 2.69 bits per heavy atom. The van der Waals surface area contributed by atoms with Gasteiger partial charge in [-0.25, -0.2) is 4.98 Å². The molecule has 9 heteroatoms. The number of hydrogen-bond acceptors (Lipinski definition) is 3. The van der Waals surface area contributed by atoms with Crippen molar-refractivity contribution in [1.82, 2.24) is 14.1 Å². The van der Waals surface area contributed by atoms with Gasteiger partial charge in [-0.1, -0.05) is 6.07 Å². The molecule has 5 nitrogen and oxygen atoms in total. The number of halogens is 4. The predicted octanol–water partition coefficient (Wildman–Crippen LogP) is 6.07. The van der Waals surface area contributed by atoms with E-state index in [2.05, 4.69) is 4.98 Å². The van der Waals surface area contributed by atoms with Crippen molar-refractivity contribution >= 4 is 39.5 Å². The molecule has 2 heterocycles. The second kappa shape index (κ2) is 8.97. The average Bonchev–Trinajstić information content (AvgIpc) is 3.38. The van der Waals surface area contributed by atoms with E-state index in [0.29, 0.717) is 30.8 Å². The molecule has 0 aliphatic rings. The van der Waals surface area contributed by atoms with Crippen molar-refractivity contribution < 1.29 is 22.7 Å². The van der Waals surface area contributed by atoms with Crippen molar-refractivity contribution in [3.05, 3.63) is 70.3 Å². The topological polar surface area (TPSA) is 49.0 Å². The average molecular weight is 553 g/mol. The zero-order chi connectivity index (χ0) is 22.9. The maximum Gasteiger partial charge on any atom is 0.417 e. The van der Waals surface area contributed by atoms with E-state index < -0.39 is 11.7 Å². The van der Waals surface area contributed by atoms with Crippen molar-refractivity contribution in [1.29, 1.82) is 0 Å². The summed E-state index contributed by atoms with van der Waals surface area (Å²) in [5, 5.41) is 1.01. The predicted molar refractivity (Wildman–Crippen MR) is 123 cm³/mol. The standard InChI is InChI=1S/C23H19F3IN3O2/c1-2-32-22(31)8-10-29-9-7-16-11-17(4-6-21(16)29)30-13-20(28-14-30)15-3-5-18(19(27)12-15)23(24,25)26/h3-7,9,11-14H,2,8,10H2,1H3. The summed E-state index contributed by atoms with van der Waals surface area (Å²) < 4.78 is 48.0. The molecule has 2 aromatic heterocycles. The number of esters is 1. The van der Waals surface area contributed by atoms with Crippen molar-refractivity contribution in [3.63, 3.8) is 0 Å². The van der Waals surface area contributed by atoms with E-state index in [-0.39, 0.29) is 9.54 Å². The van der Waals surface area contributed by atoms with Gasteiger partial charge in [0.25, 0.3) is 0 Å². The summed E-state index contributed by atoms with van der Waals surface area (Å²) in [6, 6.07) is 11.9. The first-order chi connectivity index (χ1) is 15.3. The van der Waals surface area contributed by atoms with Gasteiger partial charge in [0.15, 0.2) is 0 Å². The van der Waals surface area contributed by atoms with Crippen LogP contribution in [0.3, 0.4) is 0 Å². The molecule has 0 aliphatic carbocycles. The largest absolute Gasteiger partial charge is 0.466 e. The third-order valence-electron chi connectivity index (χ3n) is 5.07. The Bertz CT molecular complexity index is 1280. The molecule has 0 spiro atoms. The van der Waals surface area contributed by atoms with Gasteiger partial charge in [0.2, 0.25) is 0 Å². The summed E-state index contributed by atoms with van der Waals surface area (Å²) in [5.74, 6) is -0.227. The molecule has 0 unspecified atom stereocenters. The fourth-order valence-electron chi connectivity index (χ4n) is 3.51. The van der Waals surface area contributed by atoms with Gasteiger partial charge in [-0.15, -0.1) is 0 Å². The lowest BCUT2D eigenvalue weighted by Crippen LogP contribution is -2.08. The Morgan fingerprint density at radius 2 is 1.97 bits per heavy atom. The second-order valence-electron chi connectivity index (χ2n) is 7.17. The molecule has 0 bridgehead atoms. The SMILES string of the molecule is CCOC(=O)CCn1ccc2cc(-n3cnc(-c4ccc(C(F)(F)F)c(I)c4)c3)ccc21. The minimum Gasteiger partial charge on any atom is -0.466 e. The highest BCUT2D eigenvalue weighted by molar-refractivity contribution is 14.1. The van der Waals surface area contributed by atoms with Gasteiger partial charge in [-0.3, -0.25) is 4.79 Å². The molecule has 4 rings (SSSR count). The number of ether oxygens (including phenoxy) is 1. The van der Waals surface area contributed by atoms with Crippen LogP contribution in [0.5, 0.6) is 0 Å². The minimum absolute atomic E-state index is 0.132. The summed E-state index contributed by atoms with van der Waals surface area (Å²) in [6.45, 7) is 2.68. The van der Waals surface area contributed by atoms with Crippen molar-refractivity contribution in [2.24, 2.45) is 0 Å². The number of alkyl halides is 3. The molecule has 0 aliphatic heterocycles. The highest BCUT2D eigenvalue weighted by Gasteiger charge is 2.32. The highest BCUT2D eigenvalue weighted by Crippen LogP contribution is 2.35. The summed E-state index contributed by atoms with van der Waals surface area (Å²) in [7, 11) is 0. The van der Waals surface area contributed by atoms with Crippen LogP contribution < -0.4 is 0 Å². The van der Waals surface area contributed by atoms with Crippen LogP contribution in [-0.2, 0) is 22.3 Å². The first-order valence-electron chi connectivity index (χ1n) is 9.92. The number of aromatic nitrogens is 3. The van der Waals surface area contributed by atoms with E-state index in [1.807, 2.05) is 39.6 Å². The molecule has 0 saturated heterocycles. The number of nitrogens with zero attached hydrogens (tertiary/aromatic N) is 3. The van der Waals surface area contributed by atoms with Gasteiger partial charge in [0, 0.05) is 44.7 Å². The summed E-state index contributed by atoms with van der Waals surface area (Å²) in [6.07, 6.45) is 1.28. The molecule has 0 N–H and O–H groups in total. The maximum atomic E-state index is 13.0. The van der Waals surface area contributed by atoms with Gasteiger partial charge >= 0.3 is 12.1 Å². The summed E-state index contributed by atoms with van der Waals surface area (Å²) >= 11 is 1.70. The first kappa shape index (κ1) is 22.4. The van der Waals surface area contributed by atoms with Crippen LogP contribution in [0.1, 0.15) is 18.9 Å². The third-order valence-corrected chi connectivity index (χ3v) is 5.96. The van der Waals surface area contributed by atoms with Crippen LogP contribution in [0, 0.1) is 3.57 Å². The van der Waals surface area contributed by atoms with Gasteiger partial charge in [-0.2, -0.15) is 13.2 Å². The molecular weight excluding hydrogens is 534 g/mol. The Morgan fingerprint density at radius 1 is 1.16 bits per heavy atom. The third kappa shape index (κ3) is 4.67. The lowest BCUT2D eigenvalue weighted by Gasteiger charge is -2.09. The number of aryl methyl sites for hydroxylation is 1. The van der Waals surface area contributed by atoms with Crippen LogP contribution in [-0.4, -0.2) is 26.7 Å². The fourth-order valence-corrected chi connectivity index (χ4v) is 4.33. The van der Waals surface area contributed by atoms with E-state index >= 15 is 0 Å². The van der Waals surface area contributed by atoms with Gasteiger partial charge in [0.1, 0.15) is 0 Å². The van der Waals surface area contributed by atoms with Crippen molar-refractivity contribution in [2.75, 3.05) is 6.61 Å². The second-order valence-corrected chi connectivity index (χ2v) is 8.33. The molecule has 0 atom stereocenters. The van der Waals surface area contributed by atoms with Crippen molar-refractivity contribution in [2.45, 2.75) is 26.1 Å². The monoisotopic (exact) mass is 553 g/mol. The normalized spacial score (nSPS) is 11.8. The van der Waals surface area contributed by atoms with E-state index in [9.17, 15) is 18.0 Å². The van der Waals surface area contributed by atoms with Crippen LogP contribution in [0.2, 0.25) is 0 Å². The Balaban J connectivity index is 1.56. The molecule has 166 valence electrons. The number of imidazole rings is 1. The number of rotatable bonds is 6. The number of carbonyl (C=O) groups is 1. The smallest absolute Gasteiger partial charge is 0.417 e. The van der Waals surface area contributed by atoms with Crippen LogP contribution >= 0.6 is 22.6 Å². The fraction of sp³-hybridized carbons (Fsp3) is 0.217. The zero-order valence-electron chi connectivity index (χ0n) is 17.1. The number of hydrogen-bond donors (Lipinski definition) is 0. The van der Waals surface area contributed by atoms with Crippen molar-refractivity contribution in [3.8, 4) is 16.9 Å². The van der Waals surface area contributed by atoms with E-state index in [0.717, 1.165) is 22.7 Å². The molecule has 2 aromatic carbocycles. The quantitative estimate of drug-likeness (QED) is 0.215. The van der Waals surface area contributed by atoms with Crippen LogP contribution in [0.15, 0.2) is 61.2 Å². The molecule has 4 aromatic rings. The van der Waals surface area contributed by atoms with E-state index in [4.69, 9.17) is 4.74 Å². The highest BCUT2D eigenvalue weighted by atomic mass is 127. The van der Waals surface area contributed by atoms with Crippen LogP contribution in [0.4, 0.5) is 13.2 Å². The molecular formula is C23H19F3IN3O2. The van der Waals surface area contributed by atoms with E-state index in [1.54, 1.807) is 42.0 Å². The molecule has 0 fully saturated rings. The number of carbonyl (C=O) groups excluding carboxylic acids is 1. The molecule has 32 heavy (non-hydrogen) atoms. The van der Waals surface area contributed by atoms with Gasteiger partial charge in [-0.05, 0) is 65.9 Å². The Kier molecular flexibility index (Phi) is 6.27. The number of benzene rings is 2. The lowest BCUT2D eigenvalue weighted by atomic mass is 10.1. The minimum atomic E-state index is -4.38. The number of fused-ring (bicyclic) bond motifs is 1. The van der Waals surface area contributed by atoms with Gasteiger partial charge < -0.3 is 13.9 Å². The molecule has 0 saturated carbocycles. The summed E-state index contributed by atoms with van der Waals surface area (Å²) in [5.41, 5.74) is 2.42. The zero-order valence-corrected chi connectivity index (χ0v) is 19.2. The molecule has 0 radical (unpaired) electrons. The lowest BCUT2D eigenvalue weighted by molar-refractivity contribution is -0.143. The summed E-state index contributed by atoms with van der Waals surface area (Å²) in [4.78, 5) is 16.0. The maximum absolute atomic E-state index is 13.0. The van der Waals surface area contributed by atoms with Gasteiger partial charge in [0.05, 0.1) is 30.6 Å². The molecule has 0 amide bonds. The Hall–Kier alpha value is -2.82. The van der Waals surface area contributed by atoms with E-state index in [1.165, 1.54) is 12.1 Å². The Labute approximate surface area is 196 Å². The van der Waals surface area contributed by atoms with Crippen LogP contribution in [0.25, 0.3) is 27.8 Å². The first-order valence-corrected chi connectivity index (χ1v) is 11.0.